The lowest BCUT2D eigenvalue weighted by molar-refractivity contribution is -0.385. The monoisotopic (exact) mass is 283 g/mol. The van der Waals surface area contributed by atoms with Crippen LogP contribution in [0.3, 0.4) is 0 Å². The molecule has 0 amide bonds. The number of nitro benzene ring substituents is 1. The molecule has 1 N–H and O–H groups in total. The lowest BCUT2D eigenvalue weighted by atomic mass is 10.2. The van der Waals surface area contributed by atoms with Gasteiger partial charge >= 0.3 is 11.7 Å². The van der Waals surface area contributed by atoms with Gasteiger partial charge < -0.3 is 14.6 Å². The van der Waals surface area contributed by atoms with Gasteiger partial charge in [0.1, 0.15) is 6.61 Å². The molecule has 0 saturated heterocycles. The molecule has 0 aliphatic heterocycles. The summed E-state index contributed by atoms with van der Waals surface area (Å²) < 4.78 is 10.7. The quantitative estimate of drug-likeness (QED) is 0.489. The highest BCUT2D eigenvalue weighted by atomic mass is 16.6. The van der Waals surface area contributed by atoms with Gasteiger partial charge in [-0.2, -0.15) is 0 Å². The molecule has 0 unspecified atom stereocenters. The van der Waals surface area contributed by atoms with Crippen LogP contribution in [0.5, 0.6) is 5.75 Å². The van der Waals surface area contributed by atoms with Gasteiger partial charge in [0, 0.05) is 6.07 Å². The normalized spacial score (nSPS) is 11.2. The van der Waals surface area contributed by atoms with Crippen LogP contribution < -0.4 is 4.74 Å². The molecule has 7 nitrogen and oxygen atoms in total. The van der Waals surface area contributed by atoms with Crippen molar-refractivity contribution in [3.8, 4) is 5.75 Å². The minimum Gasteiger partial charge on any atom is -0.484 e. The third kappa shape index (κ3) is 4.85. The zero-order chi connectivity index (χ0) is 15.3. The number of nitrogens with zero attached hydrogens (tertiary/aromatic N) is 1. The Morgan fingerprint density at radius 3 is 2.50 bits per heavy atom. The number of carboxylic acids is 1. The van der Waals surface area contributed by atoms with Crippen molar-refractivity contribution in [3.63, 3.8) is 0 Å². The molecule has 0 saturated carbocycles. The zero-order valence-electron chi connectivity index (χ0n) is 11.6. The second-order valence-electron chi connectivity index (χ2n) is 5.05. The summed E-state index contributed by atoms with van der Waals surface area (Å²) in [5, 5.41) is 19.7. The maximum atomic E-state index is 10.9. The van der Waals surface area contributed by atoms with Crippen molar-refractivity contribution < 1.29 is 24.3 Å². The molecule has 20 heavy (non-hydrogen) atoms. The average Bonchev–Trinajstić information content (AvgIpc) is 2.33. The standard InChI is InChI=1S/C13H17NO6/c1-13(2,3)20-7-6-19-11-5-4-9(12(15)16)8-10(11)14(17)18/h4-5,8H,6-7H2,1-3H3,(H,15,16). The first-order valence-corrected chi connectivity index (χ1v) is 5.99. The van der Waals surface area contributed by atoms with Crippen LogP contribution in [-0.4, -0.2) is 34.8 Å². The lowest BCUT2D eigenvalue weighted by Crippen LogP contribution is -2.22. The van der Waals surface area contributed by atoms with Crippen molar-refractivity contribution in [1.82, 2.24) is 0 Å². The van der Waals surface area contributed by atoms with Crippen molar-refractivity contribution in [2.45, 2.75) is 26.4 Å². The third-order valence-electron chi connectivity index (χ3n) is 2.28. The van der Waals surface area contributed by atoms with Gasteiger partial charge in [-0.05, 0) is 32.9 Å². The number of nitro groups is 1. The highest BCUT2D eigenvalue weighted by Gasteiger charge is 2.18. The Kier molecular flexibility index (Phi) is 5.04. The van der Waals surface area contributed by atoms with E-state index in [1.165, 1.54) is 12.1 Å². The lowest BCUT2D eigenvalue weighted by Gasteiger charge is -2.19. The summed E-state index contributed by atoms with van der Waals surface area (Å²) in [4.78, 5) is 21.0. The fraction of sp³-hybridized carbons (Fsp3) is 0.462. The second kappa shape index (κ2) is 6.33. The fourth-order valence-corrected chi connectivity index (χ4v) is 1.41. The first kappa shape index (κ1) is 15.9. The predicted octanol–water partition coefficient (Wildman–Crippen LogP) is 2.49. The van der Waals surface area contributed by atoms with Gasteiger partial charge in [-0.15, -0.1) is 0 Å². The molecule has 1 rings (SSSR count). The molecule has 0 aromatic heterocycles. The van der Waals surface area contributed by atoms with Gasteiger partial charge in [0.2, 0.25) is 0 Å². The van der Waals surface area contributed by atoms with Crippen LogP contribution >= 0.6 is 0 Å². The van der Waals surface area contributed by atoms with Crippen LogP contribution in [0.25, 0.3) is 0 Å². The third-order valence-corrected chi connectivity index (χ3v) is 2.28. The van der Waals surface area contributed by atoms with Crippen molar-refractivity contribution in [1.29, 1.82) is 0 Å². The molecule has 0 radical (unpaired) electrons. The Morgan fingerprint density at radius 2 is 2.00 bits per heavy atom. The maximum absolute atomic E-state index is 10.9. The van der Waals surface area contributed by atoms with E-state index in [1.54, 1.807) is 0 Å². The topological polar surface area (TPSA) is 98.9 Å². The largest absolute Gasteiger partial charge is 0.484 e. The SMILES string of the molecule is CC(C)(C)OCCOc1ccc(C(=O)O)cc1[N+](=O)[O-]. The molecule has 0 aliphatic rings. The summed E-state index contributed by atoms with van der Waals surface area (Å²) in [5.74, 6) is -1.20. The number of aromatic carboxylic acids is 1. The second-order valence-corrected chi connectivity index (χ2v) is 5.05. The van der Waals surface area contributed by atoms with E-state index >= 15 is 0 Å². The highest BCUT2D eigenvalue weighted by molar-refractivity contribution is 5.88. The molecular formula is C13H17NO6. The molecule has 1 aromatic carbocycles. The number of hydrogen-bond donors (Lipinski definition) is 1. The number of ether oxygens (including phenoxy) is 2. The van der Waals surface area contributed by atoms with Crippen LogP contribution in [0.15, 0.2) is 18.2 Å². The smallest absolute Gasteiger partial charge is 0.335 e. The number of rotatable bonds is 6. The summed E-state index contributed by atoms with van der Waals surface area (Å²) in [6.45, 7) is 6.08. The number of hydrogen-bond acceptors (Lipinski definition) is 5. The molecule has 0 aliphatic carbocycles. The van der Waals surface area contributed by atoms with Gasteiger partial charge in [0.05, 0.1) is 22.7 Å². The van der Waals surface area contributed by atoms with E-state index in [1.807, 2.05) is 20.8 Å². The maximum Gasteiger partial charge on any atom is 0.335 e. The molecular weight excluding hydrogens is 266 g/mol. The van der Waals surface area contributed by atoms with E-state index in [4.69, 9.17) is 14.6 Å². The fourth-order valence-electron chi connectivity index (χ4n) is 1.41. The highest BCUT2D eigenvalue weighted by Crippen LogP contribution is 2.28. The minimum atomic E-state index is -1.23. The van der Waals surface area contributed by atoms with Crippen LogP contribution in [-0.2, 0) is 4.74 Å². The van der Waals surface area contributed by atoms with Crippen LogP contribution in [0, 0.1) is 10.1 Å². The summed E-state index contributed by atoms with van der Waals surface area (Å²) in [6, 6.07) is 3.51. The summed E-state index contributed by atoms with van der Waals surface area (Å²) >= 11 is 0. The minimum absolute atomic E-state index is 0.0255. The van der Waals surface area contributed by atoms with E-state index in [9.17, 15) is 14.9 Å². The van der Waals surface area contributed by atoms with Gasteiger partial charge in [-0.1, -0.05) is 0 Å². The Hall–Kier alpha value is -2.15. The van der Waals surface area contributed by atoms with Crippen molar-refractivity contribution in [2.75, 3.05) is 13.2 Å². The van der Waals surface area contributed by atoms with E-state index in [0.29, 0.717) is 0 Å². The average molecular weight is 283 g/mol. The molecule has 0 heterocycles. The Balaban J connectivity index is 2.75. The Bertz CT molecular complexity index is 506. The van der Waals surface area contributed by atoms with Gasteiger partial charge in [0.25, 0.3) is 0 Å². The number of carboxylic acid groups (broad SMARTS) is 1. The Labute approximate surface area is 116 Å². The molecule has 0 bridgehead atoms. The first-order valence-electron chi connectivity index (χ1n) is 5.99. The summed E-state index contributed by atoms with van der Waals surface area (Å²) in [6.07, 6.45) is 0. The molecule has 0 atom stereocenters. The van der Waals surface area contributed by atoms with E-state index in [0.717, 1.165) is 6.07 Å². The van der Waals surface area contributed by atoms with Crippen LogP contribution in [0.1, 0.15) is 31.1 Å². The molecule has 7 heteroatoms. The van der Waals surface area contributed by atoms with Crippen LogP contribution in [0.4, 0.5) is 5.69 Å². The summed E-state index contributed by atoms with van der Waals surface area (Å²) in [7, 11) is 0. The molecule has 1 aromatic rings. The number of benzene rings is 1. The molecule has 110 valence electrons. The predicted molar refractivity (Wildman–Crippen MR) is 71.3 cm³/mol. The first-order chi connectivity index (χ1) is 9.20. The van der Waals surface area contributed by atoms with Crippen LogP contribution in [0.2, 0.25) is 0 Å². The van der Waals surface area contributed by atoms with Crippen molar-refractivity contribution >= 4 is 11.7 Å². The Morgan fingerprint density at radius 1 is 1.35 bits per heavy atom. The van der Waals surface area contributed by atoms with Gasteiger partial charge in [0.15, 0.2) is 5.75 Å². The van der Waals surface area contributed by atoms with E-state index in [-0.39, 0.29) is 35.8 Å². The molecule has 0 fully saturated rings. The van der Waals surface area contributed by atoms with Gasteiger partial charge in [-0.25, -0.2) is 4.79 Å². The van der Waals surface area contributed by atoms with E-state index in [2.05, 4.69) is 0 Å². The number of carbonyl (C=O) groups is 1. The zero-order valence-corrected chi connectivity index (χ0v) is 11.6. The van der Waals surface area contributed by atoms with E-state index < -0.39 is 10.9 Å². The van der Waals surface area contributed by atoms with Gasteiger partial charge in [-0.3, -0.25) is 10.1 Å². The van der Waals surface area contributed by atoms with Crippen molar-refractivity contribution in [2.24, 2.45) is 0 Å². The molecule has 0 spiro atoms. The van der Waals surface area contributed by atoms with Crippen molar-refractivity contribution in [3.05, 3.63) is 33.9 Å². The summed E-state index contributed by atoms with van der Waals surface area (Å²) in [5.41, 5.74) is -0.849.